The molecule has 27 heavy (non-hydrogen) atoms. The topological polar surface area (TPSA) is 89.0 Å². The Labute approximate surface area is 157 Å². The number of ether oxygens (including phenoxy) is 2. The summed E-state index contributed by atoms with van der Waals surface area (Å²) in [6.07, 6.45) is 2.46. The van der Waals surface area contributed by atoms with Crippen LogP contribution in [0, 0.1) is 5.92 Å². The number of carboxylic acid groups (broad SMARTS) is 1. The van der Waals surface area contributed by atoms with Gasteiger partial charge in [0.1, 0.15) is 11.5 Å². The van der Waals surface area contributed by atoms with Crippen LogP contribution < -0.4 is 9.47 Å². The van der Waals surface area contributed by atoms with Crippen LogP contribution in [0.3, 0.4) is 0 Å². The molecular weight excluding hydrogens is 348 g/mol. The number of hydrogen-bond acceptors (Lipinski definition) is 5. The molecule has 2 aromatic rings. The summed E-state index contributed by atoms with van der Waals surface area (Å²) in [6, 6.07) is 7.33. The van der Waals surface area contributed by atoms with Gasteiger partial charge in [-0.2, -0.15) is 0 Å². The lowest BCUT2D eigenvalue weighted by Crippen LogP contribution is -2.45. The molecule has 7 heteroatoms. The van der Waals surface area contributed by atoms with Gasteiger partial charge in [-0.15, -0.1) is 0 Å². The summed E-state index contributed by atoms with van der Waals surface area (Å²) in [6.45, 7) is 3.86. The number of aromatic nitrogens is 1. The highest BCUT2D eigenvalue weighted by atomic mass is 16.5. The number of carbonyl (C=O) groups excluding carboxylic acids is 1. The molecule has 1 amide bonds. The summed E-state index contributed by atoms with van der Waals surface area (Å²) < 4.78 is 11.2. The monoisotopic (exact) mass is 370 g/mol. The maximum atomic E-state index is 13.2. The zero-order valence-electron chi connectivity index (χ0n) is 15.5. The van der Waals surface area contributed by atoms with Crippen LogP contribution in [0.1, 0.15) is 31.0 Å². The van der Waals surface area contributed by atoms with Gasteiger partial charge in [-0.3, -0.25) is 9.78 Å². The Hall–Kier alpha value is -3.09. The predicted octanol–water partition coefficient (Wildman–Crippen LogP) is 2.66. The number of rotatable bonds is 5. The van der Waals surface area contributed by atoms with Crippen molar-refractivity contribution >= 4 is 11.9 Å². The van der Waals surface area contributed by atoms with Crippen molar-refractivity contribution in [3.05, 3.63) is 53.9 Å². The van der Waals surface area contributed by atoms with Crippen LogP contribution in [0.2, 0.25) is 0 Å². The molecule has 1 aromatic carbocycles. The minimum Gasteiger partial charge on any atom is -0.497 e. The molecule has 0 bridgehead atoms. The molecule has 0 fully saturated rings. The molecule has 142 valence electrons. The van der Waals surface area contributed by atoms with E-state index in [-0.39, 0.29) is 18.4 Å². The number of hydrogen-bond donors (Lipinski definition) is 1. The second-order valence-electron chi connectivity index (χ2n) is 6.75. The van der Waals surface area contributed by atoms with Crippen molar-refractivity contribution in [2.75, 3.05) is 7.11 Å². The first-order chi connectivity index (χ1) is 12.9. The molecule has 1 N–H and O–H groups in total. The highest BCUT2D eigenvalue weighted by Gasteiger charge is 2.42. The molecule has 0 saturated heterocycles. The van der Waals surface area contributed by atoms with Gasteiger partial charge in [0.15, 0.2) is 12.1 Å². The summed E-state index contributed by atoms with van der Waals surface area (Å²) in [4.78, 5) is 30.8. The Morgan fingerprint density at radius 3 is 2.74 bits per heavy atom. The first-order valence-corrected chi connectivity index (χ1v) is 8.69. The SMILES string of the molecule is COc1ccc2c(c1)OC(C(C)C)C(=O)N(Cc1cccnc1)C2C(=O)O. The highest BCUT2D eigenvalue weighted by molar-refractivity contribution is 5.89. The van der Waals surface area contributed by atoms with E-state index in [1.54, 1.807) is 36.7 Å². The lowest BCUT2D eigenvalue weighted by Gasteiger charge is -2.29. The molecule has 1 aliphatic rings. The lowest BCUT2D eigenvalue weighted by molar-refractivity contribution is -0.154. The van der Waals surface area contributed by atoms with E-state index < -0.39 is 18.1 Å². The van der Waals surface area contributed by atoms with Gasteiger partial charge in [-0.25, -0.2) is 4.79 Å². The van der Waals surface area contributed by atoms with E-state index in [0.717, 1.165) is 5.56 Å². The van der Waals surface area contributed by atoms with Gasteiger partial charge in [-0.1, -0.05) is 19.9 Å². The second-order valence-corrected chi connectivity index (χ2v) is 6.75. The smallest absolute Gasteiger partial charge is 0.331 e. The van der Waals surface area contributed by atoms with Gasteiger partial charge in [0.2, 0.25) is 0 Å². The lowest BCUT2D eigenvalue weighted by atomic mass is 10.0. The number of fused-ring (bicyclic) bond motifs is 1. The van der Waals surface area contributed by atoms with Gasteiger partial charge in [0, 0.05) is 30.6 Å². The molecule has 7 nitrogen and oxygen atoms in total. The van der Waals surface area contributed by atoms with Crippen molar-refractivity contribution in [1.29, 1.82) is 0 Å². The van der Waals surface area contributed by atoms with Crippen LogP contribution in [-0.4, -0.2) is 40.1 Å². The van der Waals surface area contributed by atoms with Crippen molar-refractivity contribution in [2.24, 2.45) is 5.92 Å². The molecule has 2 atom stereocenters. The van der Waals surface area contributed by atoms with E-state index >= 15 is 0 Å². The molecule has 2 unspecified atom stereocenters. The van der Waals surface area contributed by atoms with Gasteiger partial charge >= 0.3 is 5.97 Å². The van der Waals surface area contributed by atoms with E-state index in [4.69, 9.17) is 9.47 Å². The number of carboxylic acids is 1. The quantitative estimate of drug-likeness (QED) is 0.870. The van der Waals surface area contributed by atoms with Crippen molar-refractivity contribution in [3.63, 3.8) is 0 Å². The van der Waals surface area contributed by atoms with E-state index in [9.17, 15) is 14.7 Å². The van der Waals surface area contributed by atoms with Gasteiger partial charge in [-0.05, 0) is 29.7 Å². The van der Waals surface area contributed by atoms with Crippen LogP contribution in [0.25, 0.3) is 0 Å². The standard InChI is InChI=1S/C20H22N2O5/c1-12(2)18-19(23)22(11-13-5-4-8-21-10-13)17(20(24)25)15-7-6-14(26-3)9-16(15)27-18/h4-10,12,17-18H,11H2,1-3H3,(H,24,25). The number of methoxy groups -OCH3 is 1. The van der Waals surface area contributed by atoms with Crippen molar-refractivity contribution in [3.8, 4) is 11.5 Å². The molecule has 0 radical (unpaired) electrons. The minimum atomic E-state index is -1.16. The second kappa shape index (κ2) is 7.65. The van der Waals surface area contributed by atoms with Gasteiger partial charge in [0.25, 0.3) is 5.91 Å². The molecule has 1 aliphatic heterocycles. The van der Waals surface area contributed by atoms with E-state index in [2.05, 4.69) is 4.98 Å². The van der Waals surface area contributed by atoms with Crippen LogP contribution in [-0.2, 0) is 16.1 Å². The van der Waals surface area contributed by atoms with Crippen LogP contribution in [0.5, 0.6) is 11.5 Å². The minimum absolute atomic E-state index is 0.127. The molecule has 3 rings (SSSR count). The average Bonchev–Trinajstić information content (AvgIpc) is 2.77. The van der Waals surface area contributed by atoms with E-state index in [0.29, 0.717) is 17.1 Å². The number of pyridine rings is 1. The van der Waals surface area contributed by atoms with Crippen LogP contribution >= 0.6 is 0 Å². The summed E-state index contributed by atoms with van der Waals surface area (Å²) in [5.41, 5.74) is 1.17. The van der Waals surface area contributed by atoms with Crippen LogP contribution in [0.4, 0.5) is 0 Å². The van der Waals surface area contributed by atoms with Crippen molar-refractivity contribution in [2.45, 2.75) is 32.5 Å². The molecule has 1 aromatic heterocycles. The number of amides is 1. The van der Waals surface area contributed by atoms with Gasteiger partial charge < -0.3 is 19.5 Å². The Morgan fingerprint density at radius 2 is 2.15 bits per heavy atom. The van der Waals surface area contributed by atoms with Crippen molar-refractivity contribution in [1.82, 2.24) is 9.88 Å². The Bertz CT molecular complexity index is 838. The highest BCUT2D eigenvalue weighted by Crippen LogP contribution is 2.38. The third-order valence-corrected chi connectivity index (χ3v) is 4.52. The Balaban J connectivity index is 2.12. The fourth-order valence-electron chi connectivity index (χ4n) is 3.16. The third-order valence-electron chi connectivity index (χ3n) is 4.52. The van der Waals surface area contributed by atoms with Crippen molar-refractivity contribution < 1.29 is 24.2 Å². The number of aliphatic carboxylic acids is 1. The van der Waals surface area contributed by atoms with E-state index in [1.807, 2.05) is 19.9 Å². The number of benzene rings is 1. The van der Waals surface area contributed by atoms with E-state index in [1.165, 1.54) is 12.0 Å². The molecule has 2 heterocycles. The first kappa shape index (κ1) is 18.7. The molecule has 0 spiro atoms. The third kappa shape index (κ3) is 3.72. The summed E-state index contributed by atoms with van der Waals surface area (Å²) >= 11 is 0. The zero-order valence-corrected chi connectivity index (χ0v) is 15.5. The number of nitrogens with zero attached hydrogens (tertiary/aromatic N) is 2. The molecular formula is C20H22N2O5. The summed E-state index contributed by atoms with van der Waals surface area (Å²) in [5.74, 6) is -0.736. The fourth-order valence-corrected chi connectivity index (χ4v) is 3.16. The van der Waals surface area contributed by atoms with Crippen LogP contribution in [0.15, 0.2) is 42.7 Å². The predicted molar refractivity (Wildman–Crippen MR) is 97.4 cm³/mol. The maximum Gasteiger partial charge on any atom is 0.331 e. The Kier molecular flexibility index (Phi) is 5.30. The maximum absolute atomic E-state index is 13.2. The number of carbonyl (C=O) groups is 2. The molecule has 0 saturated carbocycles. The summed E-state index contributed by atoms with van der Waals surface area (Å²) in [7, 11) is 1.52. The first-order valence-electron chi connectivity index (χ1n) is 8.69. The summed E-state index contributed by atoms with van der Waals surface area (Å²) in [5, 5.41) is 9.93. The fraction of sp³-hybridized carbons (Fsp3) is 0.350. The molecule has 0 aliphatic carbocycles. The Morgan fingerprint density at radius 1 is 1.37 bits per heavy atom. The normalized spacial score (nSPS) is 19.3. The zero-order chi connectivity index (χ0) is 19.6. The largest absolute Gasteiger partial charge is 0.497 e. The van der Waals surface area contributed by atoms with Gasteiger partial charge in [0.05, 0.1) is 7.11 Å². The average molecular weight is 370 g/mol.